The summed E-state index contributed by atoms with van der Waals surface area (Å²) in [5.74, 6) is 2.85. The van der Waals surface area contributed by atoms with E-state index in [-0.39, 0.29) is 18.4 Å². The second-order valence-electron chi connectivity index (χ2n) is 8.03. The lowest BCUT2D eigenvalue weighted by atomic mass is 10.1. The van der Waals surface area contributed by atoms with E-state index in [2.05, 4.69) is 21.7 Å². The summed E-state index contributed by atoms with van der Waals surface area (Å²) in [6, 6.07) is 21.1. The molecule has 0 radical (unpaired) electrons. The molecule has 0 saturated heterocycles. The Labute approximate surface area is 214 Å². The Morgan fingerprint density at radius 2 is 1.81 bits per heavy atom. The van der Waals surface area contributed by atoms with Gasteiger partial charge in [0.05, 0.1) is 16.3 Å². The van der Waals surface area contributed by atoms with Crippen LogP contribution in [0.4, 0.5) is 11.5 Å². The van der Waals surface area contributed by atoms with Crippen molar-refractivity contribution in [2.75, 3.05) is 17.2 Å². The maximum atomic E-state index is 12.7. The highest BCUT2D eigenvalue weighted by atomic mass is 35.5. The van der Waals surface area contributed by atoms with Gasteiger partial charge in [-0.3, -0.25) is 14.3 Å². The van der Waals surface area contributed by atoms with Gasteiger partial charge in [0.2, 0.25) is 0 Å². The number of nitrogens with zero attached hydrogens (tertiary/aromatic N) is 2. The highest BCUT2D eigenvalue weighted by Gasteiger charge is 2.14. The lowest BCUT2D eigenvalue weighted by Crippen LogP contribution is -2.14. The predicted octanol–water partition coefficient (Wildman–Crippen LogP) is 5.57. The average Bonchev–Trinajstić information content (AvgIpc) is 3.24. The van der Waals surface area contributed by atoms with Gasteiger partial charge in [-0.1, -0.05) is 47.4 Å². The average molecular weight is 499 g/mol. The van der Waals surface area contributed by atoms with Crippen LogP contribution in [0.3, 0.4) is 0 Å². The fourth-order valence-corrected chi connectivity index (χ4v) is 3.71. The van der Waals surface area contributed by atoms with Crippen molar-refractivity contribution in [2.24, 2.45) is 7.05 Å². The number of ether oxygens (including phenoxy) is 1. The Hall–Kier alpha value is -4.54. The molecule has 180 valence electrons. The molecule has 1 heterocycles. The summed E-state index contributed by atoms with van der Waals surface area (Å²) in [5, 5.41) is 10.6. The number of anilines is 2. The fraction of sp³-hybridized carbons (Fsp3) is 0.107. The highest BCUT2D eigenvalue weighted by molar-refractivity contribution is 6.34. The summed E-state index contributed by atoms with van der Waals surface area (Å²) < 4.78 is 6.97. The number of aromatic nitrogens is 2. The standard InChI is InChI=1S/C28H23ClN4O3/c1-4-14-36-22-7-5-6-20(16-22)27(34)31-26-17-25(32-33(26)3)19-9-11-21(12-10-19)30-28(35)23-15-18(2)8-13-24(23)29/h1,5-13,15-17H,14H2,2-3H3,(H,30,35)(H,31,34). The number of rotatable bonds is 7. The number of benzene rings is 3. The number of nitrogens with one attached hydrogen (secondary N) is 2. The zero-order chi connectivity index (χ0) is 25.7. The van der Waals surface area contributed by atoms with E-state index >= 15 is 0 Å². The number of carbonyl (C=O) groups is 2. The van der Waals surface area contributed by atoms with E-state index in [1.807, 2.05) is 25.1 Å². The molecule has 36 heavy (non-hydrogen) atoms. The summed E-state index contributed by atoms with van der Waals surface area (Å²) in [7, 11) is 1.74. The molecule has 7 nitrogen and oxygen atoms in total. The maximum Gasteiger partial charge on any atom is 0.257 e. The van der Waals surface area contributed by atoms with Crippen molar-refractivity contribution in [1.82, 2.24) is 9.78 Å². The third-order valence-electron chi connectivity index (χ3n) is 5.34. The molecule has 3 aromatic carbocycles. The van der Waals surface area contributed by atoms with Crippen molar-refractivity contribution >= 4 is 34.9 Å². The summed E-state index contributed by atoms with van der Waals surface area (Å²) in [6.45, 7) is 2.02. The molecular formula is C28H23ClN4O3. The number of aryl methyl sites for hydroxylation is 2. The summed E-state index contributed by atoms with van der Waals surface area (Å²) in [5.41, 5.74) is 3.90. The van der Waals surface area contributed by atoms with Crippen molar-refractivity contribution in [3.63, 3.8) is 0 Å². The topological polar surface area (TPSA) is 85.2 Å². The van der Waals surface area contributed by atoms with Gasteiger partial charge in [0.1, 0.15) is 18.2 Å². The number of carbonyl (C=O) groups excluding carboxylic acids is 2. The first-order valence-corrected chi connectivity index (χ1v) is 11.4. The van der Waals surface area contributed by atoms with E-state index < -0.39 is 0 Å². The molecule has 0 aliphatic carbocycles. The van der Waals surface area contributed by atoms with Gasteiger partial charge in [0, 0.05) is 29.9 Å². The van der Waals surface area contributed by atoms with Crippen LogP contribution in [-0.4, -0.2) is 28.2 Å². The molecule has 2 N–H and O–H groups in total. The van der Waals surface area contributed by atoms with Gasteiger partial charge in [-0.2, -0.15) is 5.10 Å². The van der Waals surface area contributed by atoms with Crippen molar-refractivity contribution in [2.45, 2.75) is 6.92 Å². The van der Waals surface area contributed by atoms with Gasteiger partial charge < -0.3 is 15.4 Å². The Bertz CT molecular complexity index is 1470. The second-order valence-corrected chi connectivity index (χ2v) is 8.44. The van der Waals surface area contributed by atoms with Crippen LogP contribution in [0.15, 0.2) is 72.8 Å². The molecule has 0 bridgehead atoms. The minimum atomic E-state index is -0.302. The van der Waals surface area contributed by atoms with Gasteiger partial charge in [0.15, 0.2) is 0 Å². The number of hydrogen-bond acceptors (Lipinski definition) is 4. The van der Waals surface area contributed by atoms with Crippen molar-refractivity contribution in [1.29, 1.82) is 0 Å². The molecule has 0 aliphatic heterocycles. The summed E-state index contributed by atoms with van der Waals surface area (Å²) in [4.78, 5) is 25.4. The van der Waals surface area contributed by atoms with Crippen molar-refractivity contribution in [3.05, 3.63) is 94.5 Å². The molecule has 0 saturated carbocycles. The molecular weight excluding hydrogens is 476 g/mol. The normalized spacial score (nSPS) is 10.4. The predicted molar refractivity (Wildman–Crippen MR) is 142 cm³/mol. The van der Waals surface area contributed by atoms with Gasteiger partial charge in [-0.15, -0.1) is 6.42 Å². The van der Waals surface area contributed by atoms with Crippen LogP contribution in [0.25, 0.3) is 11.3 Å². The largest absolute Gasteiger partial charge is 0.481 e. The molecule has 0 aliphatic rings. The van der Waals surface area contributed by atoms with Gasteiger partial charge >= 0.3 is 0 Å². The van der Waals surface area contributed by atoms with E-state index in [1.165, 1.54) is 0 Å². The zero-order valence-electron chi connectivity index (χ0n) is 19.7. The molecule has 0 fully saturated rings. The molecule has 1 aromatic heterocycles. The smallest absolute Gasteiger partial charge is 0.257 e. The van der Waals surface area contributed by atoms with E-state index in [4.69, 9.17) is 22.8 Å². The first kappa shape index (κ1) is 24.6. The quantitative estimate of drug-likeness (QED) is 0.326. The van der Waals surface area contributed by atoms with E-state index in [9.17, 15) is 9.59 Å². The van der Waals surface area contributed by atoms with Gasteiger partial charge in [0.25, 0.3) is 11.8 Å². The molecule has 8 heteroatoms. The van der Waals surface area contributed by atoms with Crippen LogP contribution >= 0.6 is 11.6 Å². The molecule has 4 aromatic rings. The van der Waals surface area contributed by atoms with Gasteiger partial charge in [-0.25, -0.2) is 0 Å². The Morgan fingerprint density at radius 1 is 1.03 bits per heavy atom. The summed E-state index contributed by atoms with van der Waals surface area (Å²) in [6.07, 6.45) is 5.22. The highest BCUT2D eigenvalue weighted by Crippen LogP contribution is 2.25. The van der Waals surface area contributed by atoms with Crippen LogP contribution in [0.1, 0.15) is 26.3 Å². The van der Waals surface area contributed by atoms with Crippen LogP contribution in [0.2, 0.25) is 5.02 Å². The van der Waals surface area contributed by atoms with Crippen LogP contribution in [0, 0.1) is 19.3 Å². The molecule has 0 spiro atoms. The third-order valence-corrected chi connectivity index (χ3v) is 5.67. The number of halogens is 1. The second kappa shape index (κ2) is 10.8. The molecule has 2 amide bonds. The van der Waals surface area contributed by atoms with Crippen molar-refractivity contribution < 1.29 is 14.3 Å². The lowest BCUT2D eigenvalue weighted by molar-refractivity contribution is 0.101. The third kappa shape index (κ3) is 5.74. The van der Waals surface area contributed by atoms with Crippen LogP contribution in [0.5, 0.6) is 5.75 Å². The number of hydrogen-bond donors (Lipinski definition) is 2. The number of terminal acetylenes is 1. The zero-order valence-corrected chi connectivity index (χ0v) is 20.5. The van der Waals surface area contributed by atoms with Crippen LogP contribution < -0.4 is 15.4 Å². The Kier molecular flexibility index (Phi) is 7.38. The first-order chi connectivity index (χ1) is 17.3. The molecule has 0 atom stereocenters. The number of amides is 2. The minimum absolute atomic E-state index is 0.123. The van der Waals surface area contributed by atoms with E-state index in [0.717, 1.165) is 11.1 Å². The Morgan fingerprint density at radius 3 is 2.56 bits per heavy atom. The first-order valence-electron chi connectivity index (χ1n) is 11.0. The lowest BCUT2D eigenvalue weighted by Gasteiger charge is -2.08. The summed E-state index contributed by atoms with van der Waals surface area (Å²) >= 11 is 6.17. The molecule has 0 unspecified atom stereocenters. The monoisotopic (exact) mass is 498 g/mol. The van der Waals surface area contributed by atoms with Gasteiger partial charge in [-0.05, 0) is 49.4 Å². The van der Waals surface area contributed by atoms with Crippen LogP contribution in [-0.2, 0) is 7.05 Å². The SMILES string of the molecule is C#CCOc1cccc(C(=O)Nc2cc(-c3ccc(NC(=O)c4cc(C)ccc4Cl)cc3)nn2C)c1. The van der Waals surface area contributed by atoms with Crippen molar-refractivity contribution in [3.8, 4) is 29.4 Å². The Balaban J connectivity index is 1.45. The maximum absolute atomic E-state index is 12.7. The van der Waals surface area contributed by atoms with E-state index in [1.54, 1.807) is 66.3 Å². The minimum Gasteiger partial charge on any atom is -0.481 e. The van der Waals surface area contributed by atoms with E-state index in [0.29, 0.717) is 39.1 Å². The molecule has 4 rings (SSSR count). The fourth-order valence-electron chi connectivity index (χ4n) is 3.50.